The van der Waals surface area contributed by atoms with E-state index in [1.807, 2.05) is 12.1 Å². The van der Waals surface area contributed by atoms with Crippen molar-refractivity contribution in [1.29, 1.82) is 0 Å². The van der Waals surface area contributed by atoms with Gasteiger partial charge in [-0.3, -0.25) is 0 Å². The Balaban J connectivity index is 1.96. The van der Waals surface area contributed by atoms with Gasteiger partial charge in [0.05, 0.1) is 9.79 Å². The Morgan fingerprint density at radius 2 is 1.52 bits per heavy atom. The number of benzene rings is 2. The van der Waals surface area contributed by atoms with Gasteiger partial charge in [0, 0.05) is 12.0 Å². The highest BCUT2D eigenvalue weighted by Gasteiger charge is 2.51. The molecule has 0 amide bonds. The van der Waals surface area contributed by atoms with Crippen LogP contribution in [0.4, 0.5) is 0 Å². The molecule has 0 N–H and O–H groups in total. The molecule has 0 aromatic heterocycles. The van der Waals surface area contributed by atoms with Crippen molar-refractivity contribution in [1.82, 2.24) is 3.71 Å². The van der Waals surface area contributed by atoms with Gasteiger partial charge in [-0.25, -0.2) is 16.8 Å². The van der Waals surface area contributed by atoms with Crippen LogP contribution in [0.5, 0.6) is 0 Å². The molecule has 132 valence electrons. The van der Waals surface area contributed by atoms with Crippen LogP contribution in [0.25, 0.3) is 0 Å². The minimum Gasteiger partial charge on any atom is -0.206 e. The quantitative estimate of drug-likeness (QED) is 0.806. The van der Waals surface area contributed by atoms with Crippen LogP contribution in [0.1, 0.15) is 37.2 Å². The molecule has 7 heteroatoms. The summed E-state index contributed by atoms with van der Waals surface area (Å²) in [6.07, 6.45) is 3.18. The maximum absolute atomic E-state index is 13.2. The summed E-state index contributed by atoms with van der Waals surface area (Å²) in [4.78, 5) is 0.139. The molecule has 2 aromatic carbocycles. The monoisotopic (exact) mass is 377 g/mol. The molecule has 0 saturated heterocycles. The van der Waals surface area contributed by atoms with E-state index in [2.05, 4.69) is 0 Å². The van der Waals surface area contributed by atoms with E-state index in [0.717, 1.165) is 28.5 Å². The molecule has 1 aliphatic carbocycles. The number of fused-ring (bicyclic) bond motifs is 3. The number of hydrogen-bond donors (Lipinski definition) is 0. The topological polar surface area (TPSA) is 71.5 Å². The van der Waals surface area contributed by atoms with Gasteiger partial charge in [0.15, 0.2) is 0 Å². The van der Waals surface area contributed by atoms with E-state index in [0.29, 0.717) is 6.42 Å². The minimum absolute atomic E-state index is 0.0160. The lowest BCUT2D eigenvalue weighted by atomic mass is 9.80. The summed E-state index contributed by atoms with van der Waals surface area (Å²) in [5.41, 5.74) is 0.756. The lowest BCUT2D eigenvalue weighted by molar-refractivity contribution is 0.277. The van der Waals surface area contributed by atoms with E-state index in [4.69, 9.17) is 0 Å². The molecule has 1 aliphatic heterocycles. The minimum atomic E-state index is -4.14. The first kappa shape index (κ1) is 16.8. The third kappa shape index (κ3) is 2.53. The van der Waals surface area contributed by atoms with Gasteiger partial charge in [0.1, 0.15) is 0 Å². The van der Waals surface area contributed by atoms with E-state index >= 15 is 0 Å². The smallest absolute Gasteiger partial charge is 0.206 e. The van der Waals surface area contributed by atoms with Crippen LogP contribution >= 0.6 is 0 Å². The average molecular weight is 377 g/mol. The summed E-state index contributed by atoms with van der Waals surface area (Å²) in [6.45, 7) is 0. The molecular formula is C18H19NO4S2. The number of nitrogens with zero attached hydrogens (tertiary/aromatic N) is 1. The van der Waals surface area contributed by atoms with Crippen LogP contribution in [-0.4, -0.2) is 26.6 Å². The van der Waals surface area contributed by atoms with Crippen molar-refractivity contribution in [2.24, 2.45) is 0 Å². The van der Waals surface area contributed by atoms with Crippen molar-refractivity contribution in [2.75, 3.05) is 0 Å². The van der Waals surface area contributed by atoms with Crippen molar-refractivity contribution in [3.05, 3.63) is 60.2 Å². The van der Waals surface area contributed by atoms with E-state index in [1.54, 1.807) is 24.3 Å². The molecule has 25 heavy (non-hydrogen) atoms. The lowest BCUT2D eigenvalue weighted by Gasteiger charge is -2.43. The van der Waals surface area contributed by atoms with Crippen LogP contribution in [0, 0.1) is 0 Å². The van der Waals surface area contributed by atoms with E-state index < -0.39 is 26.1 Å². The molecule has 1 saturated carbocycles. The summed E-state index contributed by atoms with van der Waals surface area (Å²) in [5, 5.41) is 0. The zero-order valence-corrected chi connectivity index (χ0v) is 15.2. The number of rotatable bonds is 2. The Bertz CT molecular complexity index is 1000. The van der Waals surface area contributed by atoms with Crippen molar-refractivity contribution in [3.63, 3.8) is 0 Å². The molecule has 4 rings (SSSR count). The van der Waals surface area contributed by atoms with Crippen LogP contribution in [-0.2, 0) is 20.0 Å². The summed E-state index contributed by atoms with van der Waals surface area (Å²) < 4.78 is 53.7. The van der Waals surface area contributed by atoms with Crippen molar-refractivity contribution < 1.29 is 16.8 Å². The fourth-order valence-corrected chi connectivity index (χ4v) is 8.45. The Kier molecular flexibility index (Phi) is 3.97. The first-order valence-electron chi connectivity index (χ1n) is 8.37. The van der Waals surface area contributed by atoms with Gasteiger partial charge in [-0.2, -0.15) is 0 Å². The third-order valence-electron chi connectivity index (χ3n) is 5.11. The van der Waals surface area contributed by atoms with Gasteiger partial charge in [-0.1, -0.05) is 53.0 Å². The number of hydrogen-bond acceptors (Lipinski definition) is 4. The van der Waals surface area contributed by atoms with Gasteiger partial charge < -0.3 is 0 Å². The van der Waals surface area contributed by atoms with E-state index in [9.17, 15) is 16.8 Å². The van der Waals surface area contributed by atoms with Gasteiger partial charge in [0.2, 0.25) is 0 Å². The summed E-state index contributed by atoms with van der Waals surface area (Å²) in [7, 11) is -8.25. The zero-order chi connectivity index (χ0) is 17.7. The standard InChI is InChI=1S/C18H19NO4S2/c20-24(21,14-8-2-1-3-9-14)19-17-12-6-4-10-15(17)16-11-5-7-13-18(16)25(19,22)23/h1-3,5,7-9,11,13,15,17H,4,6,10,12H2/t15-,17-/m0/s1. The Hall–Kier alpha value is -1.70. The Labute approximate surface area is 148 Å². The fraction of sp³-hybridized carbons (Fsp3) is 0.333. The van der Waals surface area contributed by atoms with Crippen LogP contribution in [0.15, 0.2) is 64.4 Å². The molecule has 1 fully saturated rings. The Morgan fingerprint density at radius 3 is 2.28 bits per heavy atom. The normalized spacial score (nSPS) is 25.8. The first-order chi connectivity index (χ1) is 11.9. The second-order valence-corrected chi connectivity index (χ2v) is 10.4. The maximum Gasteiger partial charge on any atom is 0.256 e. The molecule has 0 spiro atoms. The molecule has 2 aromatic rings. The summed E-state index contributed by atoms with van der Waals surface area (Å²) in [5.74, 6) is -0.0769. The van der Waals surface area contributed by atoms with Crippen LogP contribution in [0.3, 0.4) is 0 Å². The van der Waals surface area contributed by atoms with Gasteiger partial charge in [-0.05, 0) is 36.6 Å². The molecule has 5 nitrogen and oxygen atoms in total. The largest absolute Gasteiger partial charge is 0.256 e. The SMILES string of the molecule is O=S(=O)(c1ccccc1)N1[C@H]2CCCC[C@H]2c2ccccc2S1(=O)=O. The van der Waals surface area contributed by atoms with Gasteiger partial charge >= 0.3 is 0 Å². The molecule has 1 heterocycles. The van der Waals surface area contributed by atoms with E-state index in [-0.39, 0.29) is 15.7 Å². The van der Waals surface area contributed by atoms with Crippen molar-refractivity contribution in [3.8, 4) is 0 Å². The maximum atomic E-state index is 13.2. The number of sulfonamides is 2. The fourth-order valence-electron chi connectivity index (χ4n) is 4.03. The predicted octanol–water partition coefficient (Wildman–Crippen LogP) is 3.11. The van der Waals surface area contributed by atoms with Gasteiger partial charge in [-0.15, -0.1) is 0 Å². The molecule has 2 atom stereocenters. The highest BCUT2D eigenvalue weighted by molar-refractivity contribution is 8.04. The molecule has 2 aliphatic rings. The van der Waals surface area contributed by atoms with Crippen molar-refractivity contribution in [2.45, 2.75) is 47.4 Å². The van der Waals surface area contributed by atoms with E-state index in [1.165, 1.54) is 18.2 Å². The summed E-state index contributed by atoms with van der Waals surface area (Å²) in [6, 6.07) is 14.1. The highest BCUT2D eigenvalue weighted by atomic mass is 32.3. The highest BCUT2D eigenvalue weighted by Crippen LogP contribution is 2.47. The molecular weight excluding hydrogens is 358 g/mol. The Morgan fingerprint density at radius 1 is 0.880 bits per heavy atom. The predicted molar refractivity (Wildman–Crippen MR) is 94.1 cm³/mol. The molecule has 0 radical (unpaired) electrons. The zero-order valence-electron chi connectivity index (χ0n) is 13.6. The lowest BCUT2D eigenvalue weighted by Crippen LogP contribution is -2.51. The summed E-state index contributed by atoms with van der Waals surface area (Å²) >= 11 is 0. The van der Waals surface area contributed by atoms with Gasteiger partial charge in [0.25, 0.3) is 20.0 Å². The first-order valence-corrected chi connectivity index (χ1v) is 11.3. The second-order valence-electron chi connectivity index (χ2n) is 6.54. The third-order valence-corrected chi connectivity index (χ3v) is 9.57. The van der Waals surface area contributed by atoms with Crippen molar-refractivity contribution >= 4 is 20.0 Å². The average Bonchev–Trinajstić information content (AvgIpc) is 2.62. The van der Waals surface area contributed by atoms with Crippen LogP contribution in [0.2, 0.25) is 0 Å². The molecule has 0 unspecified atom stereocenters. The second kappa shape index (κ2) is 5.93. The van der Waals surface area contributed by atoms with Crippen LogP contribution < -0.4 is 0 Å². The molecule has 0 bridgehead atoms.